The Labute approximate surface area is 199 Å². The smallest absolute Gasteiger partial charge is 0.242 e. The molecule has 0 spiro atoms. The van der Waals surface area contributed by atoms with Gasteiger partial charge in [0.1, 0.15) is 0 Å². The van der Waals surface area contributed by atoms with E-state index in [1.54, 1.807) is 16.7 Å². The molecule has 0 atom stereocenters. The summed E-state index contributed by atoms with van der Waals surface area (Å²) >= 11 is 2.95. The van der Waals surface area contributed by atoms with E-state index in [0.29, 0.717) is 16.7 Å². The van der Waals surface area contributed by atoms with Crippen LogP contribution in [0.25, 0.3) is 11.4 Å². The maximum absolute atomic E-state index is 13.3. The first kappa shape index (κ1) is 21.3. The van der Waals surface area contributed by atoms with Gasteiger partial charge in [-0.2, -0.15) is 0 Å². The van der Waals surface area contributed by atoms with Crippen LogP contribution >= 0.6 is 23.5 Å². The first-order chi connectivity index (χ1) is 16.1. The van der Waals surface area contributed by atoms with Crippen molar-refractivity contribution < 1.29 is 9.59 Å². The fourth-order valence-electron chi connectivity index (χ4n) is 3.55. The number of para-hydroxylation sites is 2. The standard InChI is InChI=1S/C24H19N5O2S2/c1-15(30)25-17-8-6-7-16(13-17)23-26-24(28-27-23)32-14-22(31)29-18-9-2-4-11-20(18)33-21-12-5-3-10-19(21)29/h2-13H,14H2,1H3,(H,25,30)(H,26,27,28). The van der Waals surface area contributed by atoms with E-state index < -0.39 is 0 Å². The Morgan fingerprint density at radius 3 is 2.39 bits per heavy atom. The number of benzene rings is 3. The predicted molar refractivity (Wildman–Crippen MR) is 131 cm³/mol. The Morgan fingerprint density at radius 2 is 1.70 bits per heavy atom. The zero-order valence-electron chi connectivity index (χ0n) is 17.6. The summed E-state index contributed by atoms with van der Waals surface area (Å²) in [5, 5.41) is 10.4. The van der Waals surface area contributed by atoms with Gasteiger partial charge in [-0.15, -0.1) is 5.10 Å². The number of H-pyrrole nitrogens is 1. The Kier molecular flexibility index (Phi) is 5.89. The van der Waals surface area contributed by atoms with Gasteiger partial charge in [-0.1, -0.05) is 59.9 Å². The molecule has 0 radical (unpaired) electrons. The lowest BCUT2D eigenvalue weighted by Crippen LogP contribution is -2.30. The third-order valence-corrected chi connectivity index (χ3v) is 6.89. The first-order valence-electron chi connectivity index (χ1n) is 10.2. The minimum absolute atomic E-state index is 0.0424. The number of hydrogen-bond donors (Lipinski definition) is 2. The highest BCUT2D eigenvalue weighted by molar-refractivity contribution is 8.00. The number of rotatable bonds is 5. The monoisotopic (exact) mass is 473 g/mol. The van der Waals surface area contributed by atoms with Crippen LogP contribution in [0.4, 0.5) is 17.1 Å². The minimum Gasteiger partial charge on any atom is -0.326 e. The second kappa shape index (κ2) is 9.13. The number of fused-ring (bicyclic) bond motifs is 2. The van der Waals surface area contributed by atoms with Crippen molar-refractivity contribution in [2.75, 3.05) is 16.0 Å². The minimum atomic E-state index is -0.140. The average molecular weight is 474 g/mol. The average Bonchev–Trinajstić information content (AvgIpc) is 3.30. The second-order valence-electron chi connectivity index (χ2n) is 7.28. The van der Waals surface area contributed by atoms with Crippen LogP contribution < -0.4 is 10.2 Å². The SMILES string of the molecule is CC(=O)Nc1cccc(-c2nc(SCC(=O)N3c4ccccc4Sc4ccccc43)n[nH]2)c1. The molecule has 1 aliphatic rings. The third-order valence-electron chi connectivity index (χ3n) is 4.93. The van der Waals surface area contributed by atoms with E-state index in [1.165, 1.54) is 18.7 Å². The topological polar surface area (TPSA) is 91.0 Å². The summed E-state index contributed by atoms with van der Waals surface area (Å²) in [6.45, 7) is 1.46. The molecule has 0 saturated carbocycles. The van der Waals surface area contributed by atoms with E-state index in [0.717, 1.165) is 26.7 Å². The number of hydrogen-bond acceptors (Lipinski definition) is 6. The van der Waals surface area contributed by atoms with Gasteiger partial charge in [0.15, 0.2) is 5.82 Å². The van der Waals surface area contributed by atoms with Crippen molar-refractivity contribution in [2.24, 2.45) is 0 Å². The van der Waals surface area contributed by atoms with Gasteiger partial charge in [0.25, 0.3) is 0 Å². The lowest BCUT2D eigenvalue weighted by atomic mass is 10.2. The van der Waals surface area contributed by atoms with E-state index in [-0.39, 0.29) is 17.6 Å². The molecule has 33 heavy (non-hydrogen) atoms. The molecule has 0 aliphatic carbocycles. The second-order valence-corrected chi connectivity index (χ2v) is 9.31. The fourth-order valence-corrected chi connectivity index (χ4v) is 5.26. The number of nitrogens with zero attached hydrogens (tertiary/aromatic N) is 3. The molecule has 0 bridgehead atoms. The van der Waals surface area contributed by atoms with Crippen LogP contribution in [0.15, 0.2) is 87.7 Å². The van der Waals surface area contributed by atoms with Crippen LogP contribution in [0, 0.1) is 0 Å². The Morgan fingerprint density at radius 1 is 1.00 bits per heavy atom. The highest BCUT2D eigenvalue weighted by atomic mass is 32.2. The predicted octanol–water partition coefficient (Wildman–Crippen LogP) is 5.35. The summed E-state index contributed by atoms with van der Waals surface area (Å²) in [5.74, 6) is 0.580. The molecular formula is C24H19N5O2S2. The number of anilines is 3. The fraction of sp³-hybridized carbons (Fsp3) is 0.0833. The van der Waals surface area contributed by atoms with Crippen LogP contribution in [0.5, 0.6) is 0 Å². The van der Waals surface area contributed by atoms with Crippen molar-refractivity contribution in [3.05, 3.63) is 72.8 Å². The Bertz CT molecular complexity index is 1310. The molecule has 0 saturated heterocycles. The summed E-state index contributed by atoms with van der Waals surface area (Å²) < 4.78 is 0. The summed E-state index contributed by atoms with van der Waals surface area (Å²) in [6.07, 6.45) is 0. The van der Waals surface area contributed by atoms with E-state index in [9.17, 15) is 9.59 Å². The van der Waals surface area contributed by atoms with E-state index in [2.05, 4.69) is 20.5 Å². The quantitative estimate of drug-likeness (QED) is 0.380. The van der Waals surface area contributed by atoms with Gasteiger partial charge in [-0.05, 0) is 36.4 Å². The molecule has 7 nitrogen and oxygen atoms in total. The molecule has 2 N–H and O–H groups in total. The van der Waals surface area contributed by atoms with Crippen molar-refractivity contribution in [1.82, 2.24) is 15.2 Å². The first-order valence-corrected chi connectivity index (χ1v) is 12.0. The molecule has 0 fully saturated rings. The van der Waals surface area contributed by atoms with Crippen molar-refractivity contribution in [3.8, 4) is 11.4 Å². The lowest BCUT2D eigenvalue weighted by Gasteiger charge is -2.30. The molecule has 1 aromatic heterocycles. The number of nitrogens with one attached hydrogen (secondary N) is 2. The van der Waals surface area contributed by atoms with Gasteiger partial charge in [0, 0.05) is 28.0 Å². The number of amides is 2. The normalized spacial score (nSPS) is 12.1. The van der Waals surface area contributed by atoms with Gasteiger partial charge >= 0.3 is 0 Å². The van der Waals surface area contributed by atoms with Crippen molar-refractivity contribution in [3.63, 3.8) is 0 Å². The van der Waals surface area contributed by atoms with Gasteiger partial charge in [-0.3, -0.25) is 19.6 Å². The van der Waals surface area contributed by atoms with Crippen LogP contribution in [-0.2, 0) is 9.59 Å². The molecule has 1 aliphatic heterocycles. The number of aromatic amines is 1. The largest absolute Gasteiger partial charge is 0.326 e. The van der Waals surface area contributed by atoms with Crippen LogP contribution in [0.3, 0.4) is 0 Å². The van der Waals surface area contributed by atoms with Crippen molar-refractivity contribution in [1.29, 1.82) is 0 Å². The van der Waals surface area contributed by atoms with Crippen molar-refractivity contribution >= 4 is 52.4 Å². The summed E-state index contributed by atoms with van der Waals surface area (Å²) in [5.41, 5.74) is 3.25. The maximum Gasteiger partial charge on any atom is 0.242 e. The zero-order chi connectivity index (χ0) is 22.8. The van der Waals surface area contributed by atoms with Crippen LogP contribution in [0.2, 0.25) is 0 Å². The highest BCUT2D eigenvalue weighted by Crippen LogP contribution is 2.48. The molecule has 164 valence electrons. The summed E-state index contributed by atoms with van der Waals surface area (Å²) in [7, 11) is 0. The van der Waals surface area contributed by atoms with E-state index in [4.69, 9.17) is 0 Å². The number of aromatic nitrogens is 3. The molecule has 5 rings (SSSR count). The number of thioether (sulfide) groups is 1. The van der Waals surface area contributed by atoms with E-state index in [1.807, 2.05) is 72.8 Å². The van der Waals surface area contributed by atoms with Gasteiger partial charge < -0.3 is 5.32 Å². The molecule has 2 amide bonds. The summed E-state index contributed by atoms with van der Waals surface area (Å²) in [6, 6.07) is 23.2. The molecule has 4 aromatic rings. The third kappa shape index (κ3) is 4.50. The van der Waals surface area contributed by atoms with Gasteiger partial charge in [0.05, 0.1) is 17.1 Å². The molecular weight excluding hydrogens is 454 g/mol. The highest BCUT2D eigenvalue weighted by Gasteiger charge is 2.28. The molecule has 2 heterocycles. The Balaban J connectivity index is 1.33. The van der Waals surface area contributed by atoms with Gasteiger partial charge in [0.2, 0.25) is 17.0 Å². The van der Waals surface area contributed by atoms with Crippen LogP contribution in [-0.4, -0.2) is 32.7 Å². The molecule has 3 aromatic carbocycles. The van der Waals surface area contributed by atoms with Crippen molar-refractivity contribution in [2.45, 2.75) is 21.9 Å². The van der Waals surface area contributed by atoms with Gasteiger partial charge in [-0.25, -0.2) is 4.98 Å². The van der Waals surface area contributed by atoms with Crippen LogP contribution in [0.1, 0.15) is 6.92 Å². The number of carbonyl (C=O) groups is 2. The zero-order valence-corrected chi connectivity index (χ0v) is 19.2. The lowest BCUT2D eigenvalue weighted by molar-refractivity contribution is -0.115. The molecule has 0 unspecified atom stereocenters. The summed E-state index contributed by atoms with van der Waals surface area (Å²) in [4.78, 5) is 33.0. The van der Waals surface area contributed by atoms with E-state index >= 15 is 0 Å². The number of carbonyl (C=O) groups excluding carboxylic acids is 2. The Hall–Kier alpha value is -3.56. The maximum atomic E-state index is 13.3. The molecule has 9 heteroatoms.